The van der Waals surface area contributed by atoms with Crippen LogP contribution < -0.4 is 4.74 Å². The highest BCUT2D eigenvalue weighted by Gasteiger charge is 2.20. The maximum absolute atomic E-state index is 10.5. The van der Waals surface area contributed by atoms with Gasteiger partial charge in [0.1, 0.15) is 12.4 Å². The fourth-order valence-corrected chi connectivity index (χ4v) is 3.35. The van der Waals surface area contributed by atoms with Gasteiger partial charge in [0.15, 0.2) is 0 Å². The minimum Gasteiger partial charge on any atom is -0.489 e. The highest BCUT2D eigenvalue weighted by molar-refractivity contribution is 5.65. The zero-order valence-corrected chi connectivity index (χ0v) is 17.4. The molecule has 0 spiro atoms. The normalized spacial score (nSPS) is 12.2. The molecule has 0 aromatic heterocycles. The van der Waals surface area contributed by atoms with Crippen molar-refractivity contribution in [2.75, 3.05) is 0 Å². The first-order valence-electron chi connectivity index (χ1n) is 10.4. The number of aliphatic hydroxyl groups excluding tert-OH is 1. The Labute approximate surface area is 169 Å². The third kappa shape index (κ3) is 6.50. The van der Waals surface area contributed by atoms with Crippen LogP contribution in [-0.2, 0) is 13.2 Å². The average Bonchev–Trinajstić information content (AvgIpc) is 2.75. The summed E-state index contributed by atoms with van der Waals surface area (Å²) in [4.78, 5) is 0. The van der Waals surface area contributed by atoms with Crippen molar-refractivity contribution in [1.29, 1.82) is 0 Å². The molecule has 0 fully saturated rings. The van der Waals surface area contributed by atoms with E-state index in [0.717, 1.165) is 49.0 Å². The van der Waals surface area contributed by atoms with Crippen LogP contribution in [0.15, 0.2) is 54.6 Å². The van der Waals surface area contributed by atoms with Crippen molar-refractivity contribution in [3.63, 3.8) is 0 Å². The van der Waals surface area contributed by atoms with E-state index in [2.05, 4.69) is 37.3 Å². The van der Waals surface area contributed by atoms with E-state index in [-0.39, 0.29) is 6.61 Å². The predicted molar refractivity (Wildman–Crippen MR) is 116 cm³/mol. The van der Waals surface area contributed by atoms with Crippen molar-refractivity contribution in [2.24, 2.45) is 0 Å². The fourth-order valence-electron chi connectivity index (χ4n) is 3.35. The molecule has 2 aromatic carbocycles. The maximum Gasteiger partial charge on any atom is 0.120 e. The molecular weight excluding hydrogens is 348 g/mol. The lowest BCUT2D eigenvalue weighted by Gasteiger charge is -2.24. The van der Waals surface area contributed by atoms with Crippen LogP contribution in [0, 0.1) is 0 Å². The number of allylic oxidation sites excluding steroid dienone is 2. The zero-order chi connectivity index (χ0) is 20.4. The molecule has 0 aliphatic heterocycles. The van der Waals surface area contributed by atoms with Gasteiger partial charge in [-0.25, -0.2) is 0 Å². The number of aliphatic hydroxyl groups is 2. The second kappa shape index (κ2) is 11.0. The number of benzene rings is 2. The van der Waals surface area contributed by atoms with Gasteiger partial charge in [0.25, 0.3) is 0 Å². The first kappa shape index (κ1) is 22.2. The summed E-state index contributed by atoms with van der Waals surface area (Å²) in [6.45, 7) is 6.77. The van der Waals surface area contributed by atoms with Crippen LogP contribution in [0.25, 0.3) is 5.57 Å². The van der Waals surface area contributed by atoms with Gasteiger partial charge in [-0.15, -0.1) is 0 Å². The third-order valence-electron chi connectivity index (χ3n) is 5.48. The van der Waals surface area contributed by atoms with Gasteiger partial charge in [-0.2, -0.15) is 0 Å². The molecule has 2 rings (SSSR count). The molecular formula is C25H34O3. The summed E-state index contributed by atoms with van der Waals surface area (Å²) in [5.74, 6) is 0.765. The molecule has 0 aliphatic rings. The quantitative estimate of drug-likeness (QED) is 0.510. The van der Waals surface area contributed by atoms with E-state index in [4.69, 9.17) is 4.74 Å². The van der Waals surface area contributed by atoms with Crippen LogP contribution in [0.2, 0.25) is 0 Å². The second-order valence-electron chi connectivity index (χ2n) is 7.35. The minimum absolute atomic E-state index is 0.0164. The van der Waals surface area contributed by atoms with Crippen LogP contribution in [0.3, 0.4) is 0 Å². The Morgan fingerprint density at radius 2 is 1.71 bits per heavy atom. The van der Waals surface area contributed by atoms with Gasteiger partial charge in [0.05, 0.1) is 12.2 Å². The fraction of sp³-hybridized carbons (Fsp3) is 0.440. The summed E-state index contributed by atoms with van der Waals surface area (Å²) in [5, 5.41) is 19.7. The molecule has 0 saturated heterocycles. The highest BCUT2D eigenvalue weighted by Crippen LogP contribution is 2.25. The van der Waals surface area contributed by atoms with E-state index >= 15 is 0 Å². The van der Waals surface area contributed by atoms with Crippen molar-refractivity contribution in [3.8, 4) is 5.75 Å². The summed E-state index contributed by atoms with van der Waals surface area (Å²) >= 11 is 0. The topological polar surface area (TPSA) is 49.7 Å². The molecule has 0 atom stereocenters. The van der Waals surface area contributed by atoms with Crippen molar-refractivity contribution >= 4 is 5.57 Å². The van der Waals surface area contributed by atoms with E-state index in [1.165, 1.54) is 11.1 Å². The van der Waals surface area contributed by atoms with Gasteiger partial charge in [-0.3, -0.25) is 0 Å². The van der Waals surface area contributed by atoms with Crippen LogP contribution in [0.1, 0.15) is 69.6 Å². The predicted octanol–water partition coefficient (Wildman–Crippen LogP) is 5.88. The molecule has 28 heavy (non-hydrogen) atoms. The first-order chi connectivity index (χ1) is 13.5. The molecule has 0 saturated carbocycles. The van der Waals surface area contributed by atoms with Crippen molar-refractivity contribution in [3.05, 3.63) is 71.3 Å². The third-order valence-corrected chi connectivity index (χ3v) is 5.48. The molecule has 0 bridgehead atoms. The van der Waals surface area contributed by atoms with Gasteiger partial charge in [0, 0.05) is 0 Å². The molecule has 0 unspecified atom stereocenters. The molecule has 0 heterocycles. The number of ether oxygens (including phenoxy) is 1. The minimum atomic E-state index is -0.547. The molecule has 0 aliphatic carbocycles. The van der Waals surface area contributed by atoms with E-state index in [9.17, 15) is 10.2 Å². The van der Waals surface area contributed by atoms with Crippen LogP contribution in [0.4, 0.5) is 0 Å². The Hall–Kier alpha value is -2.10. The Balaban J connectivity index is 2.04. The van der Waals surface area contributed by atoms with Gasteiger partial charge in [-0.1, -0.05) is 57.2 Å². The summed E-state index contributed by atoms with van der Waals surface area (Å²) in [5.41, 5.74) is 3.93. The Morgan fingerprint density at radius 3 is 2.39 bits per heavy atom. The summed E-state index contributed by atoms with van der Waals surface area (Å²) in [6, 6.07) is 16.0. The van der Waals surface area contributed by atoms with Gasteiger partial charge >= 0.3 is 0 Å². The van der Waals surface area contributed by atoms with Crippen molar-refractivity contribution in [1.82, 2.24) is 0 Å². The summed E-state index contributed by atoms with van der Waals surface area (Å²) in [7, 11) is 0. The van der Waals surface area contributed by atoms with Gasteiger partial charge in [-0.05, 0) is 72.6 Å². The molecule has 152 valence electrons. The standard InChI is InChI=1S/C25H34O3/c1-4-22(13-9-15-25(27,5-2)6-3)23-12-7-11-21(16-23)19-28-24-14-8-10-20(17-24)18-26/h7-8,10-14,16-17,26-27H,4-6,9,15,18-19H2,1-3H3. The van der Waals surface area contributed by atoms with Crippen LogP contribution in [0.5, 0.6) is 5.75 Å². The van der Waals surface area contributed by atoms with Gasteiger partial charge < -0.3 is 14.9 Å². The Bertz CT molecular complexity index is 760. The zero-order valence-electron chi connectivity index (χ0n) is 17.4. The average molecular weight is 383 g/mol. The van der Waals surface area contributed by atoms with E-state index in [0.29, 0.717) is 6.61 Å². The number of hydrogen-bond donors (Lipinski definition) is 2. The number of rotatable bonds is 11. The van der Waals surface area contributed by atoms with E-state index < -0.39 is 5.60 Å². The Morgan fingerprint density at radius 1 is 1.00 bits per heavy atom. The van der Waals surface area contributed by atoms with E-state index in [1.54, 1.807) is 0 Å². The van der Waals surface area contributed by atoms with Crippen molar-refractivity contribution in [2.45, 2.75) is 71.7 Å². The van der Waals surface area contributed by atoms with E-state index in [1.807, 2.05) is 38.1 Å². The summed E-state index contributed by atoms with van der Waals surface area (Å²) in [6.07, 6.45) is 6.50. The molecule has 0 amide bonds. The molecule has 3 nitrogen and oxygen atoms in total. The lowest BCUT2D eigenvalue weighted by molar-refractivity contribution is 0.0246. The first-order valence-corrected chi connectivity index (χ1v) is 10.4. The van der Waals surface area contributed by atoms with Crippen LogP contribution in [-0.4, -0.2) is 15.8 Å². The second-order valence-corrected chi connectivity index (χ2v) is 7.35. The summed E-state index contributed by atoms with van der Waals surface area (Å²) < 4.78 is 5.89. The number of hydrogen-bond acceptors (Lipinski definition) is 3. The molecule has 0 radical (unpaired) electrons. The largest absolute Gasteiger partial charge is 0.489 e. The smallest absolute Gasteiger partial charge is 0.120 e. The van der Waals surface area contributed by atoms with Crippen molar-refractivity contribution < 1.29 is 14.9 Å². The van der Waals surface area contributed by atoms with Gasteiger partial charge in [0.2, 0.25) is 0 Å². The lowest BCUT2D eigenvalue weighted by atomic mass is 9.90. The molecule has 2 N–H and O–H groups in total. The van der Waals surface area contributed by atoms with Crippen LogP contribution >= 0.6 is 0 Å². The maximum atomic E-state index is 10.5. The monoisotopic (exact) mass is 382 g/mol. The Kier molecular flexibility index (Phi) is 8.75. The molecule has 2 aromatic rings. The molecule has 3 heteroatoms. The highest BCUT2D eigenvalue weighted by atomic mass is 16.5. The SMILES string of the molecule is CCC(=CCCC(O)(CC)CC)c1cccc(COc2cccc(CO)c2)c1. The lowest BCUT2D eigenvalue weighted by Crippen LogP contribution is -2.25.